The number of carbonyl (C=O) groups excluding carboxylic acids is 13. The van der Waals surface area contributed by atoms with Crippen molar-refractivity contribution in [3.63, 3.8) is 0 Å². The van der Waals surface area contributed by atoms with Crippen LogP contribution in [0.15, 0.2) is 65.7 Å². The van der Waals surface area contributed by atoms with Crippen LogP contribution in [0.25, 0.3) is 0 Å². The normalized spacial score (nSPS) is 16.8. The molecule has 524 valence electrons. The molecular formula is C63H98N18O13S. The lowest BCUT2D eigenvalue weighted by molar-refractivity contribution is -0.144. The number of unbranched alkanes of at least 4 members (excludes halogenated alkanes) is 1. The number of amides is 13. The van der Waals surface area contributed by atoms with Crippen molar-refractivity contribution in [1.82, 2.24) is 52.3 Å². The topological polar surface area (TPSA) is 519 Å². The average Bonchev–Trinajstić information content (AvgIpc) is 1.74. The molecule has 31 nitrogen and oxygen atoms in total. The lowest BCUT2D eigenvalue weighted by Crippen LogP contribution is -2.60. The summed E-state index contributed by atoms with van der Waals surface area (Å²) in [4.78, 5) is 185. The van der Waals surface area contributed by atoms with E-state index in [1.807, 2.05) is 20.1 Å². The molecule has 22 N–H and O–H groups in total. The smallest absolute Gasteiger partial charge is 0.245 e. The Hall–Kier alpha value is -8.91. The number of thioether (sulfide) groups is 1. The van der Waals surface area contributed by atoms with Crippen LogP contribution >= 0.6 is 11.8 Å². The zero-order valence-corrected chi connectivity index (χ0v) is 55.3. The van der Waals surface area contributed by atoms with Crippen LogP contribution in [0.1, 0.15) is 121 Å². The molecule has 2 aromatic rings. The summed E-state index contributed by atoms with van der Waals surface area (Å²) in [5.41, 5.74) is 40.6. The van der Waals surface area contributed by atoms with Crippen molar-refractivity contribution in [1.29, 1.82) is 0 Å². The molecule has 4 rings (SSSR count). The number of nitrogens with zero attached hydrogens (tertiary/aromatic N) is 3. The van der Waals surface area contributed by atoms with E-state index in [4.69, 9.17) is 40.1 Å². The second-order valence-corrected chi connectivity index (χ2v) is 25.1. The van der Waals surface area contributed by atoms with Gasteiger partial charge in [-0.25, -0.2) is 0 Å². The van der Waals surface area contributed by atoms with Crippen LogP contribution in [0.2, 0.25) is 0 Å². The number of hydrogen-bond acceptors (Lipinski definition) is 17. The first-order chi connectivity index (χ1) is 45.2. The van der Waals surface area contributed by atoms with Gasteiger partial charge in [-0.2, -0.15) is 11.8 Å². The minimum absolute atomic E-state index is 0.0736. The summed E-state index contributed by atoms with van der Waals surface area (Å²) in [7, 11) is 0. The predicted octanol–water partition coefficient (Wildman–Crippen LogP) is -3.71. The van der Waals surface area contributed by atoms with Gasteiger partial charge in [0, 0.05) is 45.3 Å². The third-order valence-electron chi connectivity index (χ3n) is 16.0. The van der Waals surface area contributed by atoms with Gasteiger partial charge >= 0.3 is 0 Å². The van der Waals surface area contributed by atoms with Gasteiger partial charge in [-0.1, -0.05) is 74.5 Å². The second-order valence-electron chi connectivity index (χ2n) is 24.1. The zero-order valence-electron chi connectivity index (χ0n) is 54.5. The molecule has 13 amide bonds. The molecule has 0 unspecified atom stereocenters. The first kappa shape index (κ1) is 78.5. The Morgan fingerprint density at radius 3 is 1.51 bits per heavy atom. The summed E-state index contributed by atoms with van der Waals surface area (Å²) in [6.45, 7) is 3.86. The number of likely N-dealkylation sites (tertiary alicyclic amines) is 2. The molecule has 2 saturated heterocycles. The minimum atomic E-state index is -1.64. The Balaban J connectivity index is 1.56. The number of benzene rings is 2. The number of nitrogens with one attached hydrogen (secondary N) is 8. The van der Waals surface area contributed by atoms with Crippen molar-refractivity contribution in [2.24, 2.45) is 51.0 Å². The van der Waals surface area contributed by atoms with Crippen LogP contribution in [0.3, 0.4) is 0 Å². The van der Waals surface area contributed by atoms with Gasteiger partial charge in [-0.3, -0.25) is 67.3 Å². The molecule has 2 aromatic carbocycles. The maximum Gasteiger partial charge on any atom is 0.245 e. The molecule has 95 heavy (non-hydrogen) atoms. The predicted molar refractivity (Wildman–Crippen MR) is 356 cm³/mol. The highest BCUT2D eigenvalue weighted by molar-refractivity contribution is 7.98. The molecule has 2 aliphatic rings. The molecule has 0 spiro atoms. The fourth-order valence-electron chi connectivity index (χ4n) is 11.0. The van der Waals surface area contributed by atoms with Gasteiger partial charge in [0.05, 0.1) is 12.6 Å². The Bertz CT molecular complexity index is 2960. The SMILES string of the molecule is CSCC[C@H](NC(=O)[C@H](CC(C)C)NC(=O)CNC(=O)[C@@H](Cc1ccccc1)NC(=O)[C@H](Cc1ccccc1)NC(=O)[C@@H](CCC(N)=O)NC(=O)[C@H](CCC(N)=O)NC(=O)[C@H]1CCCN1C(=O)[C@@H](CCCCN)NC(=O)[C@H]1CCCN1C(=O)[C@@H](N)CCCN=C(N)N)C(N)=O. The summed E-state index contributed by atoms with van der Waals surface area (Å²) in [6, 6.07) is 4.51. The largest absolute Gasteiger partial charge is 0.370 e. The molecule has 2 heterocycles. The Labute approximate surface area is 558 Å². The fourth-order valence-corrected chi connectivity index (χ4v) is 11.5. The number of guanidine groups is 1. The molecule has 32 heteroatoms. The standard InChI is InChI=1S/C63H98N18O13S/c1-37(2)33-45(57(89)74-41(53(68)85)27-32-95-3)73-52(84)36-72-54(86)46(34-38-15-6-4-7-16-38)78-58(90)47(35-39-17-8-5-9-18-39)79-56(88)42(23-25-50(66)82)75-55(87)43(24-26-51(67)83)76-59(91)49-22-14-31-81(49)62(94)44(20-10-11-28-64)77-60(92)48-21-13-30-80(48)61(93)40(65)19-12-29-71-63(69)70/h4-9,15-18,37,40-49H,10-14,19-36,64-65H2,1-3H3,(H2,66,82)(H2,67,83)(H2,68,85)(H,72,86)(H,73,84)(H,74,89)(H,75,87)(H,76,91)(H,77,92)(H,78,90)(H,79,88)(H4,69,70,71)/t40-,41-,42+,43-,44+,45-,46+,47-,48+,49+/m0/s1. The molecule has 2 aliphatic heterocycles. The number of nitrogens with two attached hydrogens (primary N) is 7. The fraction of sp³-hybridized carbons (Fsp3) is 0.587. The number of rotatable bonds is 42. The first-order valence-corrected chi connectivity index (χ1v) is 33.6. The van der Waals surface area contributed by atoms with Crippen LogP contribution in [-0.2, 0) is 75.2 Å². The molecule has 0 saturated carbocycles. The summed E-state index contributed by atoms with van der Waals surface area (Å²) >= 11 is 1.45. The van der Waals surface area contributed by atoms with E-state index in [1.54, 1.807) is 60.7 Å². The maximum absolute atomic E-state index is 14.7. The highest BCUT2D eigenvalue weighted by Crippen LogP contribution is 2.24. The average molecular weight is 1350 g/mol. The Morgan fingerprint density at radius 2 is 1.01 bits per heavy atom. The summed E-state index contributed by atoms with van der Waals surface area (Å²) in [5, 5.41) is 21.1. The Kier molecular flexibility index (Phi) is 33.9. The second kappa shape index (κ2) is 41.0. The van der Waals surface area contributed by atoms with Gasteiger partial charge < -0.3 is 92.5 Å². The van der Waals surface area contributed by atoms with Crippen LogP contribution in [0, 0.1) is 5.92 Å². The number of primary amides is 3. The van der Waals surface area contributed by atoms with Crippen molar-refractivity contribution >= 4 is 94.5 Å². The van der Waals surface area contributed by atoms with E-state index in [1.165, 1.54) is 21.6 Å². The van der Waals surface area contributed by atoms with Crippen LogP contribution < -0.4 is 82.7 Å². The van der Waals surface area contributed by atoms with Crippen molar-refractivity contribution < 1.29 is 62.3 Å². The Morgan fingerprint density at radius 1 is 0.537 bits per heavy atom. The molecule has 0 bridgehead atoms. The third-order valence-corrected chi connectivity index (χ3v) is 16.7. The van der Waals surface area contributed by atoms with Crippen LogP contribution in [-0.4, -0.2) is 198 Å². The van der Waals surface area contributed by atoms with Gasteiger partial charge in [-0.05, 0) is 119 Å². The van der Waals surface area contributed by atoms with Gasteiger partial charge in [0.25, 0.3) is 0 Å². The summed E-state index contributed by atoms with van der Waals surface area (Å²) in [5.74, 6) is -9.80. The van der Waals surface area contributed by atoms with E-state index in [0.717, 1.165) is 0 Å². The quantitative estimate of drug-likeness (QED) is 0.0173. The molecule has 0 aliphatic carbocycles. The van der Waals surface area contributed by atoms with Crippen molar-refractivity contribution in [3.8, 4) is 0 Å². The zero-order chi connectivity index (χ0) is 70.1. The highest BCUT2D eigenvalue weighted by atomic mass is 32.2. The van der Waals surface area contributed by atoms with Gasteiger partial charge in [0.15, 0.2) is 5.96 Å². The van der Waals surface area contributed by atoms with E-state index in [2.05, 4.69) is 47.5 Å². The number of aliphatic imine (C=N–C) groups is 1. The van der Waals surface area contributed by atoms with E-state index < -0.39 is 169 Å². The van der Waals surface area contributed by atoms with Crippen molar-refractivity contribution in [3.05, 3.63) is 71.8 Å². The van der Waals surface area contributed by atoms with Gasteiger partial charge in [-0.15, -0.1) is 0 Å². The lowest BCUT2D eigenvalue weighted by Gasteiger charge is -2.32. The van der Waals surface area contributed by atoms with E-state index in [-0.39, 0.29) is 83.0 Å². The minimum Gasteiger partial charge on any atom is -0.370 e. The molecule has 2 fully saturated rings. The summed E-state index contributed by atoms with van der Waals surface area (Å²) in [6.07, 6.45) is 3.12. The monoisotopic (exact) mass is 1350 g/mol. The van der Waals surface area contributed by atoms with Crippen molar-refractivity contribution in [2.45, 2.75) is 183 Å². The number of hydrogen-bond donors (Lipinski definition) is 15. The summed E-state index contributed by atoms with van der Waals surface area (Å²) < 4.78 is 0. The molecule has 0 radical (unpaired) electrons. The van der Waals surface area contributed by atoms with Crippen molar-refractivity contribution in [2.75, 3.05) is 44.7 Å². The highest BCUT2D eigenvalue weighted by Gasteiger charge is 2.42. The van der Waals surface area contributed by atoms with Crippen LogP contribution in [0.4, 0.5) is 0 Å². The molecule has 0 aromatic heterocycles. The van der Waals surface area contributed by atoms with Gasteiger partial charge in [0.2, 0.25) is 76.8 Å². The maximum atomic E-state index is 14.7. The lowest BCUT2D eigenvalue weighted by atomic mass is 10.0. The van der Waals surface area contributed by atoms with E-state index in [9.17, 15) is 62.3 Å². The van der Waals surface area contributed by atoms with Gasteiger partial charge in [0.1, 0.15) is 54.4 Å². The first-order valence-electron chi connectivity index (χ1n) is 32.2. The number of carbonyl (C=O) groups is 13. The third kappa shape index (κ3) is 27.5. The van der Waals surface area contributed by atoms with Crippen LogP contribution in [0.5, 0.6) is 0 Å². The van der Waals surface area contributed by atoms with E-state index in [0.29, 0.717) is 55.4 Å². The molecule has 10 atom stereocenters. The van der Waals surface area contributed by atoms with E-state index >= 15 is 0 Å². The molecular weight excluding hydrogens is 1250 g/mol.